The minimum atomic E-state index is -0.499. The first-order valence-electron chi connectivity index (χ1n) is 10.3. The number of fused-ring (bicyclic) bond motifs is 1. The third-order valence-electron chi connectivity index (χ3n) is 5.95. The second-order valence-corrected chi connectivity index (χ2v) is 8.71. The lowest BCUT2D eigenvalue weighted by Crippen LogP contribution is -2.52. The summed E-state index contributed by atoms with van der Waals surface area (Å²) >= 11 is 5.86. The van der Waals surface area contributed by atoms with Gasteiger partial charge < -0.3 is 14.4 Å². The van der Waals surface area contributed by atoms with E-state index in [1.165, 1.54) is 0 Å². The van der Waals surface area contributed by atoms with Crippen molar-refractivity contribution in [3.05, 3.63) is 58.1 Å². The number of benzene rings is 2. The Morgan fingerprint density at radius 2 is 1.87 bits per heavy atom. The summed E-state index contributed by atoms with van der Waals surface area (Å²) in [6.07, 6.45) is 2.02. The highest BCUT2D eigenvalue weighted by Gasteiger charge is 2.44. The van der Waals surface area contributed by atoms with Crippen molar-refractivity contribution in [2.75, 3.05) is 19.7 Å². The Labute approximate surface area is 181 Å². The molecular weight excluding hydrogens is 402 g/mol. The fourth-order valence-corrected chi connectivity index (χ4v) is 4.45. The molecule has 2 heterocycles. The molecule has 0 atom stereocenters. The normalized spacial score (nSPS) is 17.4. The van der Waals surface area contributed by atoms with Gasteiger partial charge in [-0.3, -0.25) is 9.59 Å². The zero-order chi connectivity index (χ0) is 21.3. The Morgan fingerprint density at radius 1 is 1.17 bits per heavy atom. The number of piperidine rings is 1. The van der Waals surface area contributed by atoms with Crippen molar-refractivity contribution in [1.82, 2.24) is 4.90 Å². The van der Waals surface area contributed by atoms with Crippen molar-refractivity contribution in [1.29, 1.82) is 0 Å². The smallest absolute Gasteiger partial charge is 0.226 e. The minimum absolute atomic E-state index is 0.0631. The maximum absolute atomic E-state index is 12.8. The average Bonchev–Trinajstić information content (AvgIpc) is 2.71. The molecule has 1 saturated heterocycles. The van der Waals surface area contributed by atoms with Crippen LogP contribution in [0.1, 0.15) is 47.2 Å². The van der Waals surface area contributed by atoms with Crippen molar-refractivity contribution in [3.63, 3.8) is 0 Å². The van der Waals surface area contributed by atoms with E-state index in [9.17, 15) is 9.59 Å². The van der Waals surface area contributed by atoms with Crippen molar-refractivity contribution < 1.29 is 19.1 Å². The van der Waals surface area contributed by atoms with Gasteiger partial charge in [0.25, 0.3) is 0 Å². The van der Waals surface area contributed by atoms with Crippen molar-refractivity contribution in [2.45, 2.75) is 45.1 Å². The number of rotatable bonds is 4. The maximum atomic E-state index is 12.8. The summed E-state index contributed by atoms with van der Waals surface area (Å²) in [6.45, 7) is 5.48. The number of halogens is 1. The van der Waals surface area contributed by atoms with Crippen molar-refractivity contribution >= 4 is 23.3 Å². The van der Waals surface area contributed by atoms with E-state index in [4.69, 9.17) is 21.1 Å². The Kier molecular flexibility index (Phi) is 5.74. The second kappa shape index (κ2) is 8.31. The van der Waals surface area contributed by atoms with Crippen LogP contribution in [0.4, 0.5) is 0 Å². The summed E-state index contributed by atoms with van der Waals surface area (Å²) in [5.74, 6) is 1.61. The monoisotopic (exact) mass is 427 g/mol. The molecule has 6 heteroatoms. The van der Waals surface area contributed by atoms with Gasteiger partial charge in [-0.25, -0.2) is 0 Å². The number of aryl methyl sites for hydroxylation is 2. The van der Waals surface area contributed by atoms with Gasteiger partial charge in [-0.05, 0) is 55.3 Å². The van der Waals surface area contributed by atoms with Crippen LogP contribution in [-0.4, -0.2) is 41.9 Å². The number of amides is 1. The molecule has 0 aromatic heterocycles. The third kappa shape index (κ3) is 4.31. The number of ether oxygens (including phenoxy) is 2. The number of carbonyl (C=O) groups is 2. The number of hydrogen-bond donors (Lipinski definition) is 0. The zero-order valence-electron chi connectivity index (χ0n) is 17.4. The lowest BCUT2D eigenvalue weighted by atomic mass is 9.81. The Balaban J connectivity index is 1.32. The number of hydrogen-bond acceptors (Lipinski definition) is 4. The molecule has 0 aliphatic carbocycles. The van der Waals surface area contributed by atoms with Crippen LogP contribution >= 0.6 is 11.6 Å². The second-order valence-electron chi connectivity index (χ2n) is 8.28. The molecule has 0 unspecified atom stereocenters. The van der Waals surface area contributed by atoms with Gasteiger partial charge >= 0.3 is 0 Å². The van der Waals surface area contributed by atoms with Crippen LogP contribution in [0.25, 0.3) is 0 Å². The van der Waals surface area contributed by atoms with Crippen LogP contribution in [0.3, 0.4) is 0 Å². The number of nitrogens with zero attached hydrogens (tertiary/aromatic N) is 1. The summed E-state index contributed by atoms with van der Waals surface area (Å²) in [6, 6.07) is 11.1. The fourth-order valence-electron chi connectivity index (χ4n) is 4.32. The molecule has 158 valence electrons. The van der Waals surface area contributed by atoms with Gasteiger partial charge in [0.15, 0.2) is 5.78 Å². The Bertz CT molecular complexity index is 962. The summed E-state index contributed by atoms with van der Waals surface area (Å²) < 4.78 is 12.0. The van der Waals surface area contributed by atoms with E-state index in [1.54, 1.807) is 24.3 Å². The van der Waals surface area contributed by atoms with Gasteiger partial charge in [0.1, 0.15) is 17.1 Å². The Hall–Kier alpha value is -2.53. The van der Waals surface area contributed by atoms with Crippen LogP contribution in [0.2, 0.25) is 5.02 Å². The highest BCUT2D eigenvalue weighted by molar-refractivity contribution is 6.30. The van der Waals surface area contributed by atoms with Gasteiger partial charge in [0.2, 0.25) is 5.91 Å². The fraction of sp³-hybridized carbons (Fsp3) is 0.417. The van der Waals surface area contributed by atoms with E-state index < -0.39 is 5.60 Å². The molecule has 1 fully saturated rings. The molecule has 0 radical (unpaired) electrons. The lowest BCUT2D eigenvalue weighted by molar-refractivity contribution is -0.135. The van der Waals surface area contributed by atoms with E-state index in [0.717, 1.165) is 11.1 Å². The molecule has 0 N–H and O–H groups in total. The summed E-state index contributed by atoms with van der Waals surface area (Å²) in [5, 5.41) is 0.650. The predicted octanol–water partition coefficient (Wildman–Crippen LogP) is 4.75. The standard InChI is InChI=1S/C24H26ClNO4/c1-16-13-17(2)23-20(14-16)21(27)15-24(30-23)8-10-26(11-9-24)22(28)7-12-29-19-5-3-18(25)4-6-19/h3-6,13-14H,7-12,15H2,1-2H3. The van der Waals surface area contributed by atoms with Crippen LogP contribution in [-0.2, 0) is 4.79 Å². The lowest BCUT2D eigenvalue weighted by Gasteiger charge is -2.44. The Morgan fingerprint density at radius 3 is 2.57 bits per heavy atom. The van der Waals surface area contributed by atoms with Gasteiger partial charge in [0, 0.05) is 31.0 Å². The molecule has 1 amide bonds. The van der Waals surface area contributed by atoms with Crippen LogP contribution in [0, 0.1) is 13.8 Å². The molecule has 2 aromatic rings. The van der Waals surface area contributed by atoms with Gasteiger partial charge in [-0.15, -0.1) is 0 Å². The van der Waals surface area contributed by atoms with Gasteiger partial charge in [0.05, 0.1) is 25.0 Å². The van der Waals surface area contributed by atoms with Crippen molar-refractivity contribution in [3.8, 4) is 11.5 Å². The molecule has 2 aliphatic rings. The largest absolute Gasteiger partial charge is 0.493 e. The molecule has 5 nitrogen and oxygen atoms in total. The number of likely N-dealkylation sites (tertiary alicyclic amines) is 1. The summed E-state index contributed by atoms with van der Waals surface area (Å²) in [4.78, 5) is 27.2. The molecular formula is C24H26ClNO4. The number of Topliss-reactive ketones (excluding diaryl/α,β-unsaturated/α-hetero) is 1. The van der Waals surface area contributed by atoms with E-state index in [-0.39, 0.29) is 11.7 Å². The molecule has 2 aliphatic heterocycles. The molecule has 4 rings (SSSR count). The van der Waals surface area contributed by atoms with E-state index in [2.05, 4.69) is 0 Å². The van der Waals surface area contributed by atoms with Crippen molar-refractivity contribution in [2.24, 2.45) is 0 Å². The predicted molar refractivity (Wildman–Crippen MR) is 116 cm³/mol. The van der Waals surface area contributed by atoms with Crippen LogP contribution < -0.4 is 9.47 Å². The van der Waals surface area contributed by atoms with Gasteiger partial charge in [-0.1, -0.05) is 17.7 Å². The van der Waals surface area contributed by atoms with Gasteiger partial charge in [-0.2, -0.15) is 0 Å². The van der Waals surface area contributed by atoms with Crippen LogP contribution in [0.15, 0.2) is 36.4 Å². The molecule has 1 spiro atoms. The molecule has 0 saturated carbocycles. The van der Waals surface area contributed by atoms with E-state index in [1.807, 2.05) is 30.9 Å². The first-order chi connectivity index (χ1) is 14.3. The highest BCUT2D eigenvalue weighted by atomic mass is 35.5. The van der Waals surface area contributed by atoms with Crippen LogP contribution in [0.5, 0.6) is 11.5 Å². The van der Waals surface area contributed by atoms with E-state index in [0.29, 0.717) is 67.5 Å². The maximum Gasteiger partial charge on any atom is 0.226 e. The molecule has 30 heavy (non-hydrogen) atoms. The quantitative estimate of drug-likeness (QED) is 0.706. The minimum Gasteiger partial charge on any atom is -0.493 e. The first-order valence-corrected chi connectivity index (χ1v) is 10.7. The molecule has 2 aromatic carbocycles. The summed E-state index contributed by atoms with van der Waals surface area (Å²) in [5.41, 5.74) is 2.26. The SMILES string of the molecule is Cc1cc(C)c2c(c1)C(=O)CC1(CCN(C(=O)CCOc3ccc(Cl)cc3)CC1)O2. The summed E-state index contributed by atoms with van der Waals surface area (Å²) in [7, 11) is 0. The third-order valence-corrected chi connectivity index (χ3v) is 6.20. The first kappa shape index (κ1) is 20.7. The topological polar surface area (TPSA) is 55.8 Å². The zero-order valence-corrected chi connectivity index (χ0v) is 18.1. The van der Waals surface area contributed by atoms with E-state index >= 15 is 0 Å². The number of carbonyl (C=O) groups excluding carboxylic acids is 2. The highest BCUT2D eigenvalue weighted by Crippen LogP contribution is 2.41. The average molecular weight is 428 g/mol. The number of ketones is 1. The molecule has 0 bridgehead atoms.